The van der Waals surface area contributed by atoms with E-state index in [1.807, 2.05) is 11.3 Å². The summed E-state index contributed by atoms with van der Waals surface area (Å²) in [4.78, 5) is 4.34. The molecule has 0 spiro atoms. The van der Waals surface area contributed by atoms with Crippen LogP contribution in [-0.4, -0.2) is 31.1 Å². The SMILES string of the molecule is Cl.Cl.c1csc([C@@H](C2CCCCC2)N2CCNCC2)c1. The number of halogens is 2. The minimum atomic E-state index is 0. The van der Waals surface area contributed by atoms with Crippen molar-refractivity contribution in [2.75, 3.05) is 26.2 Å². The van der Waals surface area contributed by atoms with Gasteiger partial charge in [-0.05, 0) is 30.2 Å². The Kier molecular flexibility index (Phi) is 8.45. The molecule has 1 saturated carbocycles. The first-order chi connectivity index (χ1) is 8.95. The second-order valence-electron chi connectivity index (χ2n) is 5.64. The van der Waals surface area contributed by atoms with Gasteiger partial charge in [0.25, 0.3) is 0 Å². The van der Waals surface area contributed by atoms with E-state index in [-0.39, 0.29) is 24.8 Å². The van der Waals surface area contributed by atoms with Crippen LogP contribution in [0.5, 0.6) is 0 Å². The number of nitrogens with zero attached hydrogens (tertiary/aromatic N) is 1. The lowest BCUT2D eigenvalue weighted by molar-refractivity contribution is 0.106. The molecule has 3 rings (SSSR count). The first-order valence-corrected chi connectivity index (χ1v) is 8.31. The monoisotopic (exact) mass is 336 g/mol. The maximum atomic E-state index is 3.48. The molecular formula is C15H26Cl2N2S. The predicted octanol–water partition coefficient (Wildman–Crippen LogP) is 4.12. The highest BCUT2D eigenvalue weighted by molar-refractivity contribution is 7.10. The largest absolute Gasteiger partial charge is 0.314 e. The summed E-state index contributed by atoms with van der Waals surface area (Å²) in [5, 5.41) is 5.72. The van der Waals surface area contributed by atoms with Crippen molar-refractivity contribution in [1.29, 1.82) is 0 Å². The molecule has 5 heteroatoms. The summed E-state index contributed by atoms with van der Waals surface area (Å²) in [5.74, 6) is 0.899. The minimum Gasteiger partial charge on any atom is -0.314 e. The van der Waals surface area contributed by atoms with E-state index >= 15 is 0 Å². The summed E-state index contributed by atoms with van der Waals surface area (Å²) in [6.07, 6.45) is 7.21. The zero-order valence-corrected chi connectivity index (χ0v) is 14.4. The first kappa shape index (κ1) is 18.2. The summed E-state index contributed by atoms with van der Waals surface area (Å²) in [7, 11) is 0. The second kappa shape index (κ2) is 9.26. The molecule has 1 aromatic heterocycles. The van der Waals surface area contributed by atoms with E-state index in [1.165, 1.54) is 45.2 Å². The van der Waals surface area contributed by atoms with Crippen molar-refractivity contribution in [3.8, 4) is 0 Å². The highest BCUT2D eigenvalue weighted by Crippen LogP contribution is 2.40. The van der Waals surface area contributed by atoms with Gasteiger partial charge in [-0.25, -0.2) is 0 Å². The van der Waals surface area contributed by atoms with E-state index in [9.17, 15) is 0 Å². The molecule has 0 radical (unpaired) electrons. The molecule has 1 aromatic rings. The van der Waals surface area contributed by atoms with Crippen LogP contribution < -0.4 is 5.32 Å². The van der Waals surface area contributed by atoms with Gasteiger partial charge in [-0.3, -0.25) is 4.90 Å². The molecule has 20 heavy (non-hydrogen) atoms. The van der Waals surface area contributed by atoms with Crippen molar-refractivity contribution in [3.05, 3.63) is 22.4 Å². The number of piperazine rings is 1. The Labute approximate surface area is 139 Å². The molecule has 0 unspecified atom stereocenters. The van der Waals surface area contributed by atoms with Gasteiger partial charge in [0.1, 0.15) is 0 Å². The molecule has 2 aliphatic rings. The van der Waals surface area contributed by atoms with Crippen LogP contribution in [-0.2, 0) is 0 Å². The Hall–Kier alpha value is 0.200. The summed E-state index contributed by atoms with van der Waals surface area (Å²) >= 11 is 1.96. The fourth-order valence-corrected chi connectivity index (χ4v) is 4.53. The minimum absolute atomic E-state index is 0. The Morgan fingerprint density at radius 2 is 1.80 bits per heavy atom. The second-order valence-corrected chi connectivity index (χ2v) is 6.62. The molecule has 1 aliphatic heterocycles. The number of rotatable bonds is 3. The Bertz CT molecular complexity index is 329. The molecular weight excluding hydrogens is 311 g/mol. The van der Waals surface area contributed by atoms with Gasteiger partial charge < -0.3 is 5.32 Å². The van der Waals surface area contributed by atoms with E-state index in [1.54, 1.807) is 4.88 Å². The average molecular weight is 337 g/mol. The topological polar surface area (TPSA) is 15.3 Å². The fraction of sp³-hybridized carbons (Fsp3) is 0.733. The van der Waals surface area contributed by atoms with Gasteiger partial charge in [0.15, 0.2) is 0 Å². The molecule has 1 aliphatic carbocycles. The zero-order chi connectivity index (χ0) is 12.2. The molecule has 0 amide bonds. The maximum absolute atomic E-state index is 3.48. The van der Waals surface area contributed by atoms with Gasteiger partial charge in [-0.1, -0.05) is 25.3 Å². The predicted molar refractivity (Wildman–Crippen MR) is 92.6 cm³/mol. The Morgan fingerprint density at radius 1 is 1.10 bits per heavy atom. The van der Waals surface area contributed by atoms with Crippen LogP contribution in [0, 0.1) is 5.92 Å². The van der Waals surface area contributed by atoms with Gasteiger partial charge >= 0.3 is 0 Å². The molecule has 0 aromatic carbocycles. The number of hydrogen-bond acceptors (Lipinski definition) is 3. The van der Waals surface area contributed by atoms with Crippen LogP contribution in [0.25, 0.3) is 0 Å². The third kappa shape index (κ3) is 4.35. The van der Waals surface area contributed by atoms with Crippen LogP contribution in [0.2, 0.25) is 0 Å². The van der Waals surface area contributed by atoms with Gasteiger partial charge in [0, 0.05) is 37.1 Å². The molecule has 2 nitrogen and oxygen atoms in total. The van der Waals surface area contributed by atoms with Crippen molar-refractivity contribution in [3.63, 3.8) is 0 Å². The highest BCUT2D eigenvalue weighted by Gasteiger charge is 2.31. The lowest BCUT2D eigenvalue weighted by Crippen LogP contribution is -2.47. The lowest BCUT2D eigenvalue weighted by Gasteiger charge is -2.40. The zero-order valence-electron chi connectivity index (χ0n) is 11.9. The van der Waals surface area contributed by atoms with E-state index in [4.69, 9.17) is 0 Å². The van der Waals surface area contributed by atoms with Gasteiger partial charge in [0.05, 0.1) is 0 Å². The molecule has 1 saturated heterocycles. The van der Waals surface area contributed by atoms with Crippen molar-refractivity contribution in [1.82, 2.24) is 10.2 Å². The first-order valence-electron chi connectivity index (χ1n) is 7.43. The van der Waals surface area contributed by atoms with Gasteiger partial charge in [0.2, 0.25) is 0 Å². The van der Waals surface area contributed by atoms with Crippen molar-refractivity contribution in [2.24, 2.45) is 5.92 Å². The Morgan fingerprint density at radius 3 is 2.40 bits per heavy atom. The standard InChI is InChI=1S/C15H24N2S.2ClH/c1-2-5-13(6-3-1)15(14-7-4-12-18-14)17-10-8-16-9-11-17;;/h4,7,12-13,15-16H,1-3,5-6,8-11H2;2*1H/t15-;;/m1../s1. The van der Waals surface area contributed by atoms with Crippen LogP contribution in [0.15, 0.2) is 17.5 Å². The number of hydrogen-bond donors (Lipinski definition) is 1. The van der Waals surface area contributed by atoms with Gasteiger partial charge in [-0.2, -0.15) is 0 Å². The number of thiophene rings is 1. The summed E-state index contributed by atoms with van der Waals surface area (Å²) in [6.45, 7) is 4.77. The quantitative estimate of drug-likeness (QED) is 0.893. The van der Waals surface area contributed by atoms with E-state index in [2.05, 4.69) is 27.7 Å². The van der Waals surface area contributed by atoms with E-state index < -0.39 is 0 Å². The molecule has 116 valence electrons. The van der Waals surface area contributed by atoms with E-state index in [0.717, 1.165) is 19.0 Å². The van der Waals surface area contributed by atoms with Crippen LogP contribution in [0.1, 0.15) is 43.0 Å². The maximum Gasteiger partial charge on any atom is 0.0470 e. The van der Waals surface area contributed by atoms with Crippen molar-refractivity contribution < 1.29 is 0 Å². The fourth-order valence-electron chi connectivity index (χ4n) is 3.58. The van der Waals surface area contributed by atoms with Crippen molar-refractivity contribution >= 4 is 36.2 Å². The van der Waals surface area contributed by atoms with Crippen LogP contribution in [0.3, 0.4) is 0 Å². The average Bonchev–Trinajstić information content (AvgIpc) is 2.95. The van der Waals surface area contributed by atoms with Gasteiger partial charge in [-0.15, -0.1) is 36.2 Å². The van der Waals surface area contributed by atoms with E-state index in [0.29, 0.717) is 6.04 Å². The summed E-state index contributed by atoms with van der Waals surface area (Å²) in [5.41, 5.74) is 0. The smallest absolute Gasteiger partial charge is 0.0470 e. The summed E-state index contributed by atoms with van der Waals surface area (Å²) < 4.78 is 0. The lowest BCUT2D eigenvalue weighted by atomic mass is 9.82. The van der Waals surface area contributed by atoms with Crippen LogP contribution in [0.4, 0.5) is 0 Å². The highest BCUT2D eigenvalue weighted by atomic mass is 35.5. The molecule has 1 atom stereocenters. The third-order valence-corrected chi connectivity index (χ3v) is 5.42. The normalized spacial score (nSPS) is 22.6. The molecule has 0 bridgehead atoms. The van der Waals surface area contributed by atoms with Crippen molar-refractivity contribution in [2.45, 2.75) is 38.1 Å². The Balaban J connectivity index is 0.000001000. The number of nitrogens with one attached hydrogen (secondary N) is 1. The molecule has 1 N–H and O–H groups in total. The summed E-state index contributed by atoms with van der Waals surface area (Å²) in [6, 6.07) is 5.27. The molecule has 2 heterocycles. The molecule has 2 fully saturated rings. The van der Waals surface area contributed by atoms with Crippen LogP contribution >= 0.6 is 36.2 Å². The third-order valence-electron chi connectivity index (χ3n) is 4.48.